The van der Waals surface area contributed by atoms with Gasteiger partial charge in [-0.1, -0.05) is 13.3 Å². The minimum atomic E-state index is -0.836. The maximum absolute atomic E-state index is 11.5. The van der Waals surface area contributed by atoms with Gasteiger partial charge in [-0.05, 0) is 19.3 Å². The van der Waals surface area contributed by atoms with E-state index in [1.165, 1.54) is 0 Å². The van der Waals surface area contributed by atoms with Crippen LogP contribution in [0, 0.1) is 5.92 Å². The summed E-state index contributed by atoms with van der Waals surface area (Å²) in [6.45, 7) is 4.78. The van der Waals surface area contributed by atoms with Gasteiger partial charge in [0.15, 0.2) is 0 Å². The number of urea groups is 1. The molecular weight excluding hydrogens is 236 g/mol. The highest BCUT2D eigenvalue weighted by Crippen LogP contribution is 2.06. The summed E-state index contributed by atoms with van der Waals surface area (Å²) in [6.07, 6.45) is 1.55. The average molecular weight is 260 g/mol. The van der Waals surface area contributed by atoms with E-state index in [2.05, 4.69) is 10.6 Å². The van der Waals surface area contributed by atoms with Crippen molar-refractivity contribution in [1.29, 1.82) is 0 Å². The molecule has 2 unspecified atom stereocenters. The number of aliphatic carboxylic acids is 1. The number of rotatable bonds is 9. The van der Waals surface area contributed by atoms with Crippen molar-refractivity contribution < 1.29 is 19.4 Å². The molecule has 0 aliphatic heterocycles. The molecular formula is C12H24N2O4. The van der Waals surface area contributed by atoms with Gasteiger partial charge in [0.05, 0.1) is 0 Å². The van der Waals surface area contributed by atoms with Crippen LogP contribution in [0.15, 0.2) is 0 Å². The van der Waals surface area contributed by atoms with Gasteiger partial charge in [0.2, 0.25) is 0 Å². The van der Waals surface area contributed by atoms with E-state index in [1.807, 2.05) is 13.8 Å². The Labute approximate surface area is 108 Å². The number of amides is 2. The summed E-state index contributed by atoms with van der Waals surface area (Å²) in [7, 11) is 1.62. The quantitative estimate of drug-likeness (QED) is 0.581. The first-order chi connectivity index (χ1) is 8.49. The van der Waals surface area contributed by atoms with Gasteiger partial charge in [0, 0.05) is 32.7 Å². The lowest BCUT2D eigenvalue weighted by Gasteiger charge is -2.17. The number of hydrogen-bond acceptors (Lipinski definition) is 3. The lowest BCUT2D eigenvalue weighted by atomic mass is 10.0. The highest BCUT2D eigenvalue weighted by atomic mass is 16.5. The first-order valence-electron chi connectivity index (χ1n) is 6.24. The average Bonchev–Trinajstić information content (AvgIpc) is 2.31. The van der Waals surface area contributed by atoms with Crippen molar-refractivity contribution in [2.24, 2.45) is 5.92 Å². The summed E-state index contributed by atoms with van der Waals surface area (Å²) >= 11 is 0. The molecule has 0 radical (unpaired) electrons. The number of carbonyl (C=O) groups is 2. The lowest BCUT2D eigenvalue weighted by molar-refractivity contribution is -0.138. The van der Waals surface area contributed by atoms with Crippen molar-refractivity contribution in [3.63, 3.8) is 0 Å². The van der Waals surface area contributed by atoms with Crippen LogP contribution in [0.4, 0.5) is 4.79 Å². The van der Waals surface area contributed by atoms with Crippen molar-refractivity contribution in [1.82, 2.24) is 10.6 Å². The summed E-state index contributed by atoms with van der Waals surface area (Å²) in [5.74, 6) is -0.861. The second-order valence-corrected chi connectivity index (χ2v) is 4.41. The Kier molecular flexibility index (Phi) is 9.00. The van der Waals surface area contributed by atoms with E-state index >= 15 is 0 Å². The molecule has 0 saturated heterocycles. The van der Waals surface area contributed by atoms with Crippen LogP contribution in [-0.4, -0.2) is 43.4 Å². The van der Waals surface area contributed by atoms with Crippen molar-refractivity contribution in [3.8, 4) is 0 Å². The standard InChI is InChI=1S/C12H24N2O4/c1-4-10(7-11(15)16)8-13-12(17)14-9(2)5-6-18-3/h9-10H,4-8H2,1-3H3,(H,15,16)(H2,13,14,17). The molecule has 0 heterocycles. The molecule has 2 amide bonds. The molecule has 0 fully saturated rings. The normalized spacial score (nSPS) is 13.7. The Bertz CT molecular complexity index is 258. The van der Waals surface area contributed by atoms with E-state index in [0.29, 0.717) is 13.2 Å². The van der Waals surface area contributed by atoms with E-state index in [0.717, 1.165) is 12.8 Å². The van der Waals surface area contributed by atoms with E-state index in [1.54, 1.807) is 7.11 Å². The molecule has 0 saturated carbocycles. The number of ether oxygens (including phenoxy) is 1. The number of methoxy groups -OCH3 is 1. The van der Waals surface area contributed by atoms with Crippen LogP contribution in [0.25, 0.3) is 0 Å². The fraction of sp³-hybridized carbons (Fsp3) is 0.833. The minimum absolute atomic E-state index is 0.0254. The molecule has 0 bridgehead atoms. The zero-order valence-corrected chi connectivity index (χ0v) is 11.4. The molecule has 18 heavy (non-hydrogen) atoms. The zero-order valence-electron chi connectivity index (χ0n) is 11.4. The topological polar surface area (TPSA) is 87.7 Å². The molecule has 0 aromatic carbocycles. The van der Waals surface area contributed by atoms with Crippen molar-refractivity contribution in [2.75, 3.05) is 20.3 Å². The molecule has 0 aromatic heterocycles. The number of nitrogens with one attached hydrogen (secondary N) is 2. The van der Waals surface area contributed by atoms with Gasteiger partial charge in [0.25, 0.3) is 0 Å². The van der Waals surface area contributed by atoms with Gasteiger partial charge in [-0.25, -0.2) is 4.79 Å². The molecule has 0 aliphatic rings. The van der Waals surface area contributed by atoms with Crippen LogP contribution in [-0.2, 0) is 9.53 Å². The highest BCUT2D eigenvalue weighted by Gasteiger charge is 2.13. The van der Waals surface area contributed by atoms with Crippen molar-refractivity contribution in [3.05, 3.63) is 0 Å². The summed E-state index contributed by atoms with van der Waals surface area (Å²) in [4.78, 5) is 22.1. The molecule has 3 N–H and O–H groups in total. The van der Waals surface area contributed by atoms with Crippen molar-refractivity contribution >= 4 is 12.0 Å². The fourth-order valence-electron chi connectivity index (χ4n) is 1.49. The second-order valence-electron chi connectivity index (χ2n) is 4.41. The summed E-state index contributed by atoms with van der Waals surface area (Å²) in [5, 5.41) is 14.1. The molecule has 106 valence electrons. The first-order valence-corrected chi connectivity index (χ1v) is 6.24. The largest absolute Gasteiger partial charge is 0.481 e. The molecule has 0 rings (SSSR count). The van der Waals surface area contributed by atoms with Gasteiger partial charge in [-0.15, -0.1) is 0 Å². The Morgan fingerprint density at radius 1 is 1.39 bits per heavy atom. The SMILES string of the molecule is CCC(CNC(=O)NC(C)CCOC)CC(=O)O. The number of carboxylic acid groups (broad SMARTS) is 1. The molecule has 6 heteroatoms. The zero-order chi connectivity index (χ0) is 14.0. The van der Waals surface area contributed by atoms with Gasteiger partial charge in [-0.3, -0.25) is 4.79 Å². The predicted octanol–water partition coefficient (Wildman–Crippen LogP) is 1.21. The minimum Gasteiger partial charge on any atom is -0.481 e. The van der Waals surface area contributed by atoms with E-state index in [-0.39, 0.29) is 24.4 Å². The van der Waals surface area contributed by atoms with Crippen LogP contribution in [0.5, 0.6) is 0 Å². The predicted molar refractivity (Wildman–Crippen MR) is 68.5 cm³/mol. The number of hydrogen-bond donors (Lipinski definition) is 3. The summed E-state index contributed by atoms with van der Waals surface area (Å²) in [5.41, 5.74) is 0. The highest BCUT2D eigenvalue weighted by molar-refractivity contribution is 5.74. The molecule has 0 spiro atoms. The molecule has 0 aromatic rings. The Morgan fingerprint density at radius 3 is 2.56 bits per heavy atom. The third kappa shape index (κ3) is 8.81. The number of carboxylic acids is 1. The molecule has 6 nitrogen and oxygen atoms in total. The van der Waals surface area contributed by atoms with Crippen molar-refractivity contribution in [2.45, 2.75) is 39.2 Å². The van der Waals surface area contributed by atoms with Gasteiger partial charge >= 0.3 is 12.0 Å². The van der Waals surface area contributed by atoms with E-state index in [9.17, 15) is 9.59 Å². The smallest absolute Gasteiger partial charge is 0.315 e. The number of carbonyl (C=O) groups excluding carboxylic acids is 1. The van der Waals surface area contributed by atoms with E-state index in [4.69, 9.17) is 9.84 Å². The van der Waals surface area contributed by atoms with Crippen LogP contribution < -0.4 is 10.6 Å². The Hall–Kier alpha value is -1.30. The molecule has 0 aliphatic carbocycles. The van der Waals surface area contributed by atoms with Gasteiger partial charge in [-0.2, -0.15) is 0 Å². The maximum Gasteiger partial charge on any atom is 0.315 e. The molecule has 2 atom stereocenters. The monoisotopic (exact) mass is 260 g/mol. The van der Waals surface area contributed by atoms with Gasteiger partial charge in [0.1, 0.15) is 0 Å². The summed E-state index contributed by atoms with van der Waals surface area (Å²) < 4.78 is 4.92. The van der Waals surface area contributed by atoms with Crippen LogP contribution >= 0.6 is 0 Å². The third-order valence-corrected chi connectivity index (χ3v) is 2.72. The Balaban J connectivity index is 3.83. The van der Waals surface area contributed by atoms with Crippen LogP contribution in [0.2, 0.25) is 0 Å². The van der Waals surface area contributed by atoms with Crippen LogP contribution in [0.3, 0.4) is 0 Å². The van der Waals surface area contributed by atoms with Crippen LogP contribution in [0.1, 0.15) is 33.1 Å². The van der Waals surface area contributed by atoms with Gasteiger partial charge < -0.3 is 20.5 Å². The first kappa shape index (κ1) is 16.7. The maximum atomic E-state index is 11.5. The lowest BCUT2D eigenvalue weighted by Crippen LogP contribution is -2.43. The second kappa shape index (κ2) is 9.70. The fourth-order valence-corrected chi connectivity index (χ4v) is 1.49. The summed E-state index contributed by atoms with van der Waals surface area (Å²) in [6, 6.07) is -0.230. The van der Waals surface area contributed by atoms with E-state index < -0.39 is 5.97 Å². The third-order valence-electron chi connectivity index (χ3n) is 2.72. The Morgan fingerprint density at radius 2 is 2.06 bits per heavy atom.